The lowest BCUT2D eigenvalue weighted by atomic mass is 10.2. The van der Waals surface area contributed by atoms with E-state index in [1.54, 1.807) is 0 Å². The fourth-order valence-electron chi connectivity index (χ4n) is 1.75. The summed E-state index contributed by atoms with van der Waals surface area (Å²) in [5.41, 5.74) is 8.61. The number of aromatic nitrogens is 1. The molecular weight excluding hydrogens is 244 g/mol. The highest BCUT2D eigenvalue weighted by Crippen LogP contribution is 2.33. The van der Waals surface area contributed by atoms with Crippen LogP contribution in [0, 0.1) is 6.92 Å². The fourth-order valence-corrected chi connectivity index (χ4v) is 2.58. The minimum absolute atomic E-state index is 0.617. The summed E-state index contributed by atoms with van der Waals surface area (Å²) in [7, 11) is 0. The maximum atomic E-state index is 5.92. The average molecular weight is 256 g/mol. The molecular formula is C14H12N2OS. The van der Waals surface area contributed by atoms with Crippen molar-refractivity contribution in [1.82, 2.24) is 4.98 Å². The molecule has 2 N–H and O–H groups in total. The maximum Gasteiger partial charge on any atom is 0.279 e. The van der Waals surface area contributed by atoms with Crippen molar-refractivity contribution < 1.29 is 4.74 Å². The topological polar surface area (TPSA) is 48.1 Å². The smallest absolute Gasteiger partial charge is 0.279 e. The van der Waals surface area contributed by atoms with Crippen LogP contribution in [0.25, 0.3) is 10.2 Å². The van der Waals surface area contributed by atoms with Crippen molar-refractivity contribution in [3.8, 4) is 10.9 Å². The lowest BCUT2D eigenvalue weighted by Gasteiger charge is -2.05. The summed E-state index contributed by atoms with van der Waals surface area (Å²) in [6.07, 6.45) is 0. The van der Waals surface area contributed by atoms with E-state index in [2.05, 4.69) is 4.98 Å². The first-order valence-electron chi connectivity index (χ1n) is 5.62. The van der Waals surface area contributed by atoms with E-state index in [0.717, 1.165) is 15.8 Å². The number of para-hydroxylation sites is 1. The number of hydrogen-bond donors (Lipinski definition) is 1. The highest BCUT2D eigenvalue weighted by molar-refractivity contribution is 7.20. The number of hydrogen-bond acceptors (Lipinski definition) is 4. The third-order valence-corrected chi connectivity index (χ3v) is 3.55. The quantitative estimate of drug-likeness (QED) is 0.705. The molecule has 0 saturated carbocycles. The van der Waals surface area contributed by atoms with Crippen LogP contribution in [0.3, 0.4) is 0 Å². The number of thiazole rings is 1. The van der Waals surface area contributed by atoms with Gasteiger partial charge in [0.25, 0.3) is 5.19 Å². The Balaban J connectivity index is 1.96. The SMILES string of the molecule is Cc1ccc(Oc2nc3ccccc3s2)c(N)c1. The minimum Gasteiger partial charge on any atom is -0.429 e. The molecule has 0 atom stereocenters. The minimum atomic E-state index is 0.617. The summed E-state index contributed by atoms with van der Waals surface area (Å²) < 4.78 is 6.84. The zero-order valence-corrected chi connectivity index (χ0v) is 10.7. The second-order valence-electron chi connectivity index (χ2n) is 4.09. The zero-order chi connectivity index (χ0) is 12.5. The van der Waals surface area contributed by atoms with Gasteiger partial charge in [-0.25, -0.2) is 4.98 Å². The number of anilines is 1. The van der Waals surface area contributed by atoms with Gasteiger partial charge < -0.3 is 10.5 Å². The molecule has 0 saturated heterocycles. The molecule has 0 unspecified atom stereocenters. The number of aryl methyl sites for hydroxylation is 1. The van der Waals surface area contributed by atoms with Crippen LogP contribution >= 0.6 is 11.3 Å². The molecule has 3 rings (SSSR count). The summed E-state index contributed by atoms with van der Waals surface area (Å²) in [4.78, 5) is 4.41. The van der Waals surface area contributed by atoms with Crippen LogP contribution in [0.1, 0.15) is 5.56 Å². The predicted octanol–water partition coefficient (Wildman–Crippen LogP) is 3.98. The molecule has 3 aromatic rings. The summed E-state index contributed by atoms with van der Waals surface area (Å²) in [5.74, 6) is 0.652. The zero-order valence-electron chi connectivity index (χ0n) is 9.88. The summed E-state index contributed by atoms with van der Waals surface area (Å²) >= 11 is 1.52. The van der Waals surface area contributed by atoms with E-state index in [-0.39, 0.29) is 0 Å². The highest BCUT2D eigenvalue weighted by atomic mass is 32.1. The standard InChI is InChI=1S/C14H12N2OS/c1-9-6-7-12(10(15)8-9)17-14-16-11-4-2-3-5-13(11)18-14/h2-8H,15H2,1H3. The van der Waals surface area contributed by atoms with E-state index in [9.17, 15) is 0 Å². The van der Waals surface area contributed by atoms with Gasteiger partial charge in [0, 0.05) is 0 Å². The normalized spacial score (nSPS) is 10.7. The molecule has 90 valence electrons. The lowest BCUT2D eigenvalue weighted by Crippen LogP contribution is -1.92. The molecule has 0 aliphatic heterocycles. The second-order valence-corrected chi connectivity index (χ2v) is 5.08. The van der Waals surface area contributed by atoms with Gasteiger partial charge in [-0.05, 0) is 36.8 Å². The van der Waals surface area contributed by atoms with E-state index in [0.29, 0.717) is 16.6 Å². The number of rotatable bonds is 2. The van der Waals surface area contributed by atoms with Crippen LogP contribution in [0.15, 0.2) is 42.5 Å². The largest absolute Gasteiger partial charge is 0.429 e. The summed E-state index contributed by atoms with van der Waals surface area (Å²) in [6.45, 7) is 2.00. The van der Waals surface area contributed by atoms with Crippen LogP contribution in [-0.4, -0.2) is 4.98 Å². The first-order chi connectivity index (χ1) is 8.72. The number of nitrogen functional groups attached to an aromatic ring is 1. The van der Waals surface area contributed by atoms with Crippen molar-refractivity contribution in [2.75, 3.05) is 5.73 Å². The van der Waals surface area contributed by atoms with E-state index in [1.165, 1.54) is 11.3 Å². The van der Waals surface area contributed by atoms with Crippen molar-refractivity contribution >= 4 is 27.2 Å². The Hall–Kier alpha value is -2.07. The molecule has 0 aliphatic carbocycles. The first-order valence-corrected chi connectivity index (χ1v) is 6.43. The molecule has 0 spiro atoms. The van der Waals surface area contributed by atoms with Gasteiger partial charge in [-0.2, -0.15) is 0 Å². The number of ether oxygens (including phenoxy) is 1. The number of nitrogens with zero attached hydrogens (tertiary/aromatic N) is 1. The van der Waals surface area contributed by atoms with Crippen LogP contribution in [0.2, 0.25) is 0 Å². The molecule has 0 fully saturated rings. The predicted molar refractivity (Wildman–Crippen MR) is 75.3 cm³/mol. The Labute approximate surface area is 109 Å². The van der Waals surface area contributed by atoms with Crippen LogP contribution < -0.4 is 10.5 Å². The molecule has 0 bridgehead atoms. The lowest BCUT2D eigenvalue weighted by molar-refractivity contribution is 0.482. The van der Waals surface area contributed by atoms with Gasteiger partial charge in [-0.1, -0.05) is 29.5 Å². The van der Waals surface area contributed by atoms with Gasteiger partial charge in [-0.3, -0.25) is 0 Å². The number of nitrogens with two attached hydrogens (primary N) is 1. The Kier molecular flexibility index (Phi) is 2.64. The van der Waals surface area contributed by atoms with Gasteiger partial charge in [0.1, 0.15) is 0 Å². The summed E-state index contributed by atoms with van der Waals surface area (Å²) in [5, 5.41) is 0.617. The van der Waals surface area contributed by atoms with E-state index in [1.807, 2.05) is 49.4 Å². The number of fused-ring (bicyclic) bond motifs is 1. The fraction of sp³-hybridized carbons (Fsp3) is 0.0714. The van der Waals surface area contributed by atoms with Crippen molar-refractivity contribution in [1.29, 1.82) is 0 Å². The van der Waals surface area contributed by atoms with Crippen LogP contribution in [-0.2, 0) is 0 Å². The van der Waals surface area contributed by atoms with E-state index >= 15 is 0 Å². The van der Waals surface area contributed by atoms with Crippen molar-refractivity contribution in [2.45, 2.75) is 6.92 Å². The molecule has 18 heavy (non-hydrogen) atoms. The monoisotopic (exact) mass is 256 g/mol. The third-order valence-electron chi connectivity index (χ3n) is 2.64. The Bertz CT molecular complexity index is 673. The Morgan fingerprint density at radius 3 is 2.78 bits per heavy atom. The van der Waals surface area contributed by atoms with Crippen molar-refractivity contribution in [3.63, 3.8) is 0 Å². The van der Waals surface area contributed by atoms with E-state index in [4.69, 9.17) is 10.5 Å². The highest BCUT2D eigenvalue weighted by Gasteiger charge is 2.07. The van der Waals surface area contributed by atoms with Gasteiger partial charge in [0.05, 0.1) is 15.9 Å². The number of benzene rings is 2. The Morgan fingerprint density at radius 2 is 2.00 bits per heavy atom. The van der Waals surface area contributed by atoms with Crippen LogP contribution in [0.5, 0.6) is 10.9 Å². The first kappa shape index (κ1) is 11.0. The third kappa shape index (κ3) is 2.02. The molecule has 0 radical (unpaired) electrons. The molecule has 1 heterocycles. The van der Waals surface area contributed by atoms with Crippen molar-refractivity contribution in [2.24, 2.45) is 0 Å². The molecule has 1 aromatic heterocycles. The van der Waals surface area contributed by atoms with Gasteiger partial charge >= 0.3 is 0 Å². The molecule has 4 heteroatoms. The van der Waals surface area contributed by atoms with Crippen LogP contribution in [0.4, 0.5) is 5.69 Å². The van der Waals surface area contributed by atoms with Crippen molar-refractivity contribution in [3.05, 3.63) is 48.0 Å². The van der Waals surface area contributed by atoms with Gasteiger partial charge in [-0.15, -0.1) is 0 Å². The Morgan fingerprint density at radius 1 is 1.17 bits per heavy atom. The second kappa shape index (κ2) is 4.31. The maximum absolute atomic E-state index is 5.92. The summed E-state index contributed by atoms with van der Waals surface area (Å²) in [6, 6.07) is 13.7. The molecule has 0 aliphatic rings. The molecule has 3 nitrogen and oxygen atoms in total. The average Bonchev–Trinajstić information content (AvgIpc) is 2.75. The van der Waals surface area contributed by atoms with Gasteiger partial charge in [0.2, 0.25) is 0 Å². The van der Waals surface area contributed by atoms with Gasteiger partial charge in [0.15, 0.2) is 5.75 Å². The molecule has 2 aromatic carbocycles. The van der Waals surface area contributed by atoms with E-state index < -0.39 is 0 Å². The molecule has 0 amide bonds.